The number of nitrogens with one attached hydrogen (secondary N) is 1. The molecule has 0 spiro atoms. The lowest BCUT2D eigenvalue weighted by molar-refractivity contribution is 0.0764. The van der Waals surface area contributed by atoms with Crippen molar-refractivity contribution in [3.05, 3.63) is 35.4 Å². The zero-order chi connectivity index (χ0) is 13.7. The van der Waals surface area contributed by atoms with E-state index in [4.69, 9.17) is 0 Å². The number of carbonyl (C=O) groups is 1. The van der Waals surface area contributed by atoms with Gasteiger partial charge in [-0.15, -0.1) is 0 Å². The molecule has 1 aromatic carbocycles. The first-order valence-corrected chi connectivity index (χ1v) is 7.26. The Labute approximate surface area is 116 Å². The molecule has 1 fully saturated rings. The van der Waals surface area contributed by atoms with Crippen molar-refractivity contribution < 1.29 is 4.79 Å². The number of hydrogen-bond donors (Lipinski definition) is 1. The highest BCUT2D eigenvalue weighted by atomic mass is 16.2. The lowest BCUT2D eigenvalue weighted by Gasteiger charge is -2.27. The third kappa shape index (κ3) is 3.80. The lowest BCUT2D eigenvalue weighted by Crippen LogP contribution is -2.39. The van der Waals surface area contributed by atoms with Crippen molar-refractivity contribution in [2.24, 2.45) is 5.92 Å². The molecule has 1 aliphatic rings. The van der Waals surface area contributed by atoms with E-state index in [2.05, 4.69) is 12.2 Å². The summed E-state index contributed by atoms with van der Waals surface area (Å²) in [6.07, 6.45) is 3.45. The van der Waals surface area contributed by atoms with Gasteiger partial charge in [-0.05, 0) is 56.0 Å². The van der Waals surface area contributed by atoms with Crippen molar-refractivity contribution in [1.29, 1.82) is 0 Å². The minimum absolute atomic E-state index is 0.133. The van der Waals surface area contributed by atoms with Crippen molar-refractivity contribution in [2.45, 2.75) is 26.2 Å². The Morgan fingerprint density at radius 2 is 2.11 bits per heavy atom. The van der Waals surface area contributed by atoms with Gasteiger partial charge in [0.2, 0.25) is 0 Å². The summed E-state index contributed by atoms with van der Waals surface area (Å²) in [4.78, 5) is 14.2. The average molecular weight is 260 g/mol. The van der Waals surface area contributed by atoms with Crippen molar-refractivity contribution in [2.75, 3.05) is 26.7 Å². The normalized spacial score (nSPS) is 19.2. The second-order valence-electron chi connectivity index (χ2n) is 5.45. The van der Waals surface area contributed by atoms with Gasteiger partial charge < -0.3 is 10.2 Å². The van der Waals surface area contributed by atoms with E-state index in [0.29, 0.717) is 5.92 Å². The number of carbonyl (C=O) groups excluding carboxylic acids is 1. The van der Waals surface area contributed by atoms with E-state index in [1.165, 1.54) is 18.4 Å². The number of nitrogens with zero attached hydrogens (tertiary/aromatic N) is 1. The summed E-state index contributed by atoms with van der Waals surface area (Å²) in [5, 5.41) is 3.40. The largest absolute Gasteiger partial charge is 0.341 e. The molecule has 3 heteroatoms. The highest BCUT2D eigenvalue weighted by Crippen LogP contribution is 2.13. The Morgan fingerprint density at radius 3 is 2.68 bits per heavy atom. The van der Waals surface area contributed by atoms with Gasteiger partial charge in [-0.2, -0.15) is 0 Å². The van der Waals surface area contributed by atoms with E-state index < -0.39 is 0 Å². The first-order chi connectivity index (χ1) is 9.20. The van der Waals surface area contributed by atoms with Crippen molar-refractivity contribution in [1.82, 2.24) is 10.2 Å². The summed E-state index contributed by atoms with van der Waals surface area (Å²) in [7, 11) is 1.91. The standard InChI is InChI=1S/C16H24N2O/c1-3-13-6-8-15(9-7-13)16(19)18(2)12-14-5-4-10-17-11-14/h6-9,14,17H,3-5,10-12H2,1-2H3. The minimum atomic E-state index is 0.133. The Balaban J connectivity index is 1.93. The van der Waals surface area contributed by atoms with Crippen LogP contribution in [0.25, 0.3) is 0 Å². The van der Waals surface area contributed by atoms with Gasteiger partial charge in [-0.25, -0.2) is 0 Å². The first kappa shape index (κ1) is 14.1. The molecule has 104 valence electrons. The van der Waals surface area contributed by atoms with Crippen LogP contribution in [0, 0.1) is 5.92 Å². The number of rotatable bonds is 4. The third-order valence-corrected chi connectivity index (χ3v) is 3.89. The molecule has 19 heavy (non-hydrogen) atoms. The molecule has 3 nitrogen and oxygen atoms in total. The topological polar surface area (TPSA) is 32.3 Å². The van der Waals surface area contributed by atoms with Gasteiger partial charge in [0.05, 0.1) is 0 Å². The molecule has 0 saturated carbocycles. The molecule has 1 amide bonds. The fourth-order valence-electron chi connectivity index (χ4n) is 2.65. The van der Waals surface area contributed by atoms with Crippen LogP contribution in [0.5, 0.6) is 0 Å². The van der Waals surface area contributed by atoms with Gasteiger partial charge in [0.15, 0.2) is 0 Å². The number of benzene rings is 1. The van der Waals surface area contributed by atoms with E-state index >= 15 is 0 Å². The zero-order valence-corrected chi connectivity index (χ0v) is 12.0. The smallest absolute Gasteiger partial charge is 0.253 e. The van der Waals surface area contributed by atoms with Crippen LogP contribution in [0.1, 0.15) is 35.7 Å². The van der Waals surface area contributed by atoms with Crippen molar-refractivity contribution >= 4 is 5.91 Å². The van der Waals surface area contributed by atoms with Crippen LogP contribution in [-0.2, 0) is 6.42 Å². The number of hydrogen-bond acceptors (Lipinski definition) is 2. The Morgan fingerprint density at radius 1 is 1.37 bits per heavy atom. The van der Waals surface area contributed by atoms with Crippen LogP contribution in [-0.4, -0.2) is 37.5 Å². The zero-order valence-electron chi connectivity index (χ0n) is 12.0. The summed E-state index contributed by atoms with van der Waals surface area (Å²) in [5.74, 6) is 0.728. The maximum Gasteiger partial charge on any atom is 0.253 e. The van der Waals surface area contributed by atoms with Gasteiger partial charge in [-0.1, -0.05) is 19.1 Å². The highest BCUT2D eigenvalue weighted by molar-refractivity contribution is 5.94. The number of aryl methyl sites for hydroxylation is 1. The maximum atomic E-state index is 12.3. The number of piperidine rings is 1. The highest BCUT2D eigenvalue weighted by Gasteiger charge is 2.18. The Bertz CT molecular complexity index is 407. The molecule has 1 atom stereocenters. The van der Waals surface area contributed by atoms with E-state index in [1.807, 2.05) is 36.2 Å². The molecule has 0 radical (unpaired) electrons. The predicted octanol–water partition coefficient (Wildman–Crippen LogP) is 2.32. The molecule has 2 rings (SSSR count). The summed E-state index contributed by atoms with van der Waals surface area (Å²) in [6, 6.07) is 7.97. The Hall–Kier alpha value is -1.35. The monoisotopic (exact) mass is 260 g/mol. The van der Waals surface area contributed by atoms with Crippen molar-refractivity contribution in [3.8, 4) is 0 Å². The second-order valence-corrected chi connectivity index (χ2v) is 5.45. The average Bonchev–Trinajstić information content (AvgIpc) is 2.47. The molecule has 0 aliphatic carbocycles. The molecule has 0 aromatic heterocycles. The van der Waals surface area contributed by atoms with E-state index in [1.54, 1.807) is 0 Å². The maximum absolute atomic E-state index is 12.3. The van der Waals surface area contributed by atoms with E-state index in [9.17, 15) is 4.79 Å². The molecular formula is C16H24N2O. The van der Waals surface area contributed by atoms with Gasteiger partial charge in [0.25, 0.3) is 5.91 Å². The van der Waals surface area contributed by atoms with E-state index in [-0.39, 0.29) is 5.91 Å². The van der Waals surface area contributed by atoms with Crippen LogP contribution in [0.4, 0.5) is 0 Å². The molecule has 1 aliphatic heterocycles. The molecule has 0 bridgehead atoms. The molecule has 1 aromatic rings. The van der Waals surface area contributed by atoms with Gasteiger partial charge >= 0.3 is 0 Å². The lowest BCUT2D eigenvalue weighted by atomic mass is 9.99. The van der Waals surface area contributed by atoms with Gasteiger partial charge in [0, 0.05) is 19.2 Å². The first-order valence-electron chi connectivity index (χ1n) is 7.26. The van der Waals surface area contributed by atoms with Crippen LogP contribution >= 0.6 is 0 Å². The second kappa shape index (κ2) is 6.71. The molecule has 1 saturated heterocycles. The summed E-state index contributed by atoms with van der Waals surface area (Å²) < 4.78 is 0. The SMILES string of the molecule is CCc1ccc(C(=O)N(C)CC2CCCNC2)cc1. The fourth-order valence-corrected chi connectivity index (χ4v) is 2.65. The van der Waals surface area contributed by atoms with Crippen LogP contribution in [0.2, 0.25) is 0 Å². The Kier molecular flexibility index (Phi) is 4.97. The van der Waals surface area contributed by atoms with Gasteiger partial charge in [-0.3, -0.25) is 4.79 Å². The summed E-state index contributed by atoms with van der Waals surface area (Å²) in [5.41, 5.74) is 2.07. The molecule has 1 heterocycles. The minimum Gasteiger partial charge on any atom is -0.341 e. The number of amides is 1. The van der Waals surface area contributed by atoms with E-state index in [0.717, 1.165) is 31.6 Å². The molecular weight excluding hydrogens is 236 g/mol. The predicted molar refractivity (Wildman–Crippen MR) is 78.4 cm³/mol. The van der Waals surface area contributed by atoms with Gasteiger partial charge in [0.1, 0.15) is 0 Å². The summed E-state index contributed by atoms with van der Waals surface area (Å²) in [6.45, 7) is 5.12. The van der Waals surface area contributed by atoms with Crippen LogP contribution < -0.4 is 5.32 Å². The fraction of sp³-hybridized carbons (Fsp3) is 0.562. The van der Waals surface area contributed by atoms with Crippen LogP contribution in [0.3, 0.4) is 0 Å². The quantitative estimate of drug-likeness (QED) is 0.901. The molecule has 1 unspecified atom stereocenters. The van der Waals surface area contributed by atoms with Crippen molar-refractivity contribution in [3.63, 3.8) is 0 Å². The summed E-state index contributed by atoms with van der Waals surface area (Å²) >= 11 is 0. The van der Waals surface area contributed by atoms with Crippen LogP contribution in [0.15, 0.2) is 24.3 Å². The molecule has 1 N–H and O–H groups in total. The third-order valence-electron chi connectivity index (χ3n) is 3.89.